The molecule has 0 aromatic carbocycles. The zero-order chi connectivity index (χ0) is 9.59. The molecule has 3 N–H and O–H groups in total. The third kappa shape index (κ3) is 1.25. The van der Waals surface area contributed by atoms with Crippen molar-refractivity contribution in [3.8, 4) is 0 Å². The largest absolute Gasteiger partial charge is 0.481 e. The monoisotopic (exact) mass is 186 g/mol. The van der Waals surface area contributed by atoms with Crippen molar-refractivity contribution in [2.45, 2.75) is 25.6 Å². The molecule has 2 aliphatic rings. The number of hydrogen-bond acceptors (Lipinski definition) is 3. The van der Waals surface area contributed by atoms with Crippen molar-refractivity contribution in [2.24, 2.45) is 23.7 Å². The number of aliphatic hydroxyl groups excluding tert-OH is 1. The highest BCUT2D eigenvalue weighted by Crippen LogP contribution is 2.53. The summed E-state index contributed by atoms with van der Waals surface area (Å²) in [6, 6.07) is 0. The molecule has 0 radical (unpaired) electrons. The summed E-state index contributed by atoms with van der Waals surface area (Å²) in [6.07, 6.45) is 1.29. The number of rotatable bonds is 2. The molecule has 4 atom stereocenters. The van der Waals surface area contributed by atoms with Gasteiger partial charge in [0, 0.05) is 5.92 Å². The maximum atomic E-state index is 10.9. The molecule has 2 aliphatic carbocycles. The first-order valence-corrected chi connectivity index (χ1v) is 4.70. The molecule has 2 fully saturated rings. The van der Waals surface area contributed by atoms with Crippen LogP contribution in [0.2, 0.25) is 0 Å². The molecule has 0 heterocycles. The Hall–Kier alpha value is -0.610. The fourth-order valence-corrected chi connectivity index (χ4v) is 3.13. The van der Waals surface area contributed by atoms with E-state index in [1.54, 1.807) is 0 Å². The van der Waals surface area contributed by atoms with Crippen molar-refractivity contribution in [1.29, 1.82) is 0 Å². The third-order valence-electron chi connectivity index (χ3n) is 3.61. The van der Waals surface area contributed by atoms with E-state index in [4.69, 9.17) is 15.3 Å². The first-order valence-electron chi connectivity index (χ1n) is 4.70. The Morgan fingerprint density at radius 2 is 1.85 bits per heavy atom. The molecule has 0 spiro atoms. The van der Waals surface area contributed by atoms with E-state index >= 15 is 0 Å². The van der Waals surface area contributed by atoms with E-state index in [0.29, 0.717) is 0 Å². The van der Waals surface area contributed by atoms with Crippen LogP contribution in [-0.2, 0) is 4.79 Å². The summed E-state index contributed by atoms with van der Waals surface area (Å²) in [5, 5.41) is 27.1. The van der Waals surface area contributed by atoms with Gasteiger partial charge in [-0.05, 0) is 31.1 Å². The third-order valence-corrected chi connectivity index (χ3v) is 3.61. The molecule has 0 saturated heterocycles. The van der Waals surface area contributed by atoms with Crippen LogP contribution in [0.3, 0.4) is 0 Å². The summed E-state index contributed by atoms with van der Waals surface area (Å²) >= 11 is 0. The predicted octanol–water partition coefficient (Wildman–Crippen LogP) is 0.0440. The molecule has 0 aliphatic heterocycles. The molecule has 4 heteroatoms. The minimum absolute atomic E-state index is 0.175. The maximum absolute atomic E-state index is 10.9. The van der Waals surface area contributed by atoms with Gasteiger partial charge in [-0.3, -0.25) is 4.79 Å². The maximum Gasteiger partial charge on any atom is 0.307 e. The average Bonchev–Trinajstić information content (AvgIpc) is 2.60. The molecule has 4 unspecified atom stereocenters. The first kappa shape index (κ1) is 8.97. The van der Waals surface area contributed by atoms with Crippen molar-refractivity contribution in [3.63, 3.8) is 0 Å². The van der Waals surface area contributed by atoms with Gasteiger partial charge in [0.05, 0.1) is 5.92 Å². The highest BCUT2D eigenvalue weighted by molar-refractivity contribution is 5.71. The quantitative estimate of drug-likeness (QED) is 0.532. The Labute approximate surface area is 76.2 Å². The van der Waals surface area contributed by atoms with E-state index < -0.39 is 24.1 Å². The molecule has 2 rings (SSSR count). The summed E-state index contributed by atoms with van der Waals surface area (Å²) < 4.78 is 0. The lowest BCUT2D eigenvalue weighted by Gasteiger charge is -2.28. The van der Waals surface area contributed by atoms with Gasteiger partial charge < -0.3 is 15.3 Å². The van der Waals surface area contributed by atoms with Crippen LogP contribution in [0.1, 0.15) is 19.3 Å². The summed E-state index contributed by atoms with van der Waals surface area (Å²) in [5.74, 6) is -1.44. The van der Waals surface area contributed by atoms with E-state index in [1.807, 2.05) is 0 Å². The Morgan fingerprint density at radius 3 is 2.31 bits per heavy atom. The number of hydrogen-bond donors (Lipinski definition) is 3. The van der Waals surface area contributed by atoms with Crippen molar-refractivity contribution in [1.82, 2.24) is 0 Å². The molecule has 0 aromatic heterocycles. The van der Waals surface area contributed by atoms with Gasteiger partial charge in [0.25, 0.3) is 0 Å². The van der Waals surface area contributed by atoms with Crippen LogP contribution in [0.4, 0.5) is 0 Å². The zero-order valence-corrected chi connectivity index (χ0v) is 7.26. The molecular weight excluding hydrogens is 172 g/mol. The minimum Gasteiger partial charge on any atom is -0.481 e. The van der Waals surface area contributed by atoms with E-state index in [1.165, 1.54) is 0 Å². The Morgan fingerprint density at radius 1 is 1.23 bits per heavy atom. The summed E-state index contributed by atoms with van der Waals surface area (Å²) in [4.78, 5) is 10.9. The van der Waals surface area contributed by atoms with Crippen molar-refractivity contribution >= 4 is 5.97 Å². The molecule has 2 bridgehead atoms. The van der Waals surface area contributed by atoms with Gasteiger partial charge in [-0.25, -0.2) is 0 Å². The summed E-state index contributed by atoms with van der Waals surface area (Å²) in [5.41, 5.74) is 0. The number of fused-ring (bicyclic) bond motifs is 2. The number of carbonyl (C=O) groups is 1. The van der Waals surface area contributed by atoms with Crippen LogP contribution in [0, 0.1) is 23.7 Å². The fraction of sp³-hybridized carbons (Fsp3) is 0.889. The predicted molar refractivity (Wildman–Crippen MR) is 43.7 cm³/mol. The highest BCUT2D eigenvalue weighted by atomic mass is 16.5. The van der Waals surface area contributed by atoms with E-state index in [0.717, 1.165) is 19.3 Å². The smallest absolute Gasteiger partial charge is 0.307 e. The number of aliphatic carboxylic acids is 1. The van der Waals surface area contributed by atoms with E-state index in [9.17, 15) is 4.79 Å². The molecular formula is C9H14O4. The van der Waals surface area contributed by atoms with Gasteiger partial charge in [-0.15, -0.1) is 0 Å². The van der Waals surface area contributed by atoms with Crippen LogP contribution in [0.5, 0.6) is 0 Å². The summed E-state index contributed by atoms with van der Waals surface area (Å²) in [7, 11) is 0. The van der Waals surface area contributed by atoms with Gasteiger partial charge in [0.1, 0.15) is 0 Å². The van der Waals surface area contributed by atoms with Gasteiger partial charge >= 0.3 is 5.97 Å². The normalized spacial score (nSPS) is 43.0. The lowest BCUT2D eigenvalue weighted by Crippen LogP contribution is -2.37. The van der Waals surface area contributed by atoms with Crippen LogP contribution in [0.15, 0.2) is 0 Å². The van der Waals surface area contributed by atoms with Crippen molar-refractivity contribution < 1.29 is 20.1 Å². The zero-order valence-electron chi connectivity index (χ0n) is 7.26. The second-order valence-corrected chi connectivity index (χ2v) is 4.19. The van der Waals surface area contributed by atoms with E-state index in [2.05, 4.69) is 0 Å². The lowest BCUT2D eigenvalue weighted by molar-refractivity contribution is -0.159. The Kier molecular flexibility index (Phi) is 2.04. The molecule has 0 aromatic rings. The second kappa shape index (κ2) is 2.96. The fourth-order valence-electron chi connectivity index (χ4n) is 3.13. The lowest BCUT2D eigenvalue weighted by atomic mass is 9.79. The van der Waals surface area contributed by atoms with Crippen LogP contribution in [-0.4, -0.2) is 27.6 Å². The number of aliphatic hydroxyl groups is 2. The average molecular weight is 186 g/mol. The minimum atomic E-state index is -1.46. The standard InChI is InChI=1S/C9H14O4/c10-8(11)6-4-1-2-5(3-4)7(6)9(12)13/h4-8,10-11H,1-3H2,(H,12,13). The number of carboxylic acids is 1. The molecule has 74 valence electrons. The molecule has 2 saturated carbocycles. The Balaban J connectivity index is 2.20. The van der Waals surface area contributed by atoms with Gasteiger partial charge in [-0.2, -0.15) is 0 Å². The molecule has 4 nitrogen and oxygen atoms in total. The first-order chi connectivity index (χ1) is 6.11. The van der Waals surface area contributed by atoms with Gasteiger partial charge in [0.15, 0.2) is 6.29 Å². The van der Waals surface area contributed by atoms with Crippen LogP contribution in [0.25, 0.3) is 0 Å². The molecule has 0 amide bonds. The number of carboxylic acid groups (broad SMARTS) is 1. The SMILES string of the molecule is O=C(O)C1C2CCC(C2)C1C(O)O. The second-order valence-electron chi connectivity index (χ2n) is 4.19. The van der Waals surface area contributed by atoms with Crippen LogP contribution < -0.4 is 0 Å². The Bertz CT molecular complexity index is 226. The summed E-state index contributed by atoms with van der Waals surface area (Å²) in [6.45, 7) is 0. The van der Waals surface area contributed by atoms with Gasteiger partial charge in [0.2, 0.25) is 0 Å². The highest BCUT2D eigenvalue weighted by Gasteiger charge is 2.53. The topological polar surface area (TPSA) is 77.8 Å². The van der Waals surface area contributed by atoms with Crippen LogP contribution >= 0.6 is 0 Å². The van der Waals surface area contributed by atoms with E-state index in [-0.39, 0.29) is 11.8 Å². The van der Waals surface area contributed by atoms with Crippen molar-refractivity contribution in [3.05, 3.63) is 0 Å². The molecule has 13 heavy (non-hydrogen) atoms. The van der Waals surface area contributed by atoms with Crippen molar-refractivity contribution in [2.75, 3.05) is 0 Å². The van der Waals surface area contributed by atoms with Gasteiger partial charge in [-0.1, -0.05) is 0 Å².